The molecule has 1 amide bonds. The first-order chi connectivity index (χ1) is 16.0. The minimum atomic E-state index is -0.582. The van der Waals surface area contributed by atoms with Crippen LogP contribution in [-0.2, 0) is 16.6 Å². The highest BCUT2D eigenvalue weighted by molar-refractivity contribution is 5.82. The maximum Gasteiger partial charge on any atom is 0.238 e. The molecular formula is C27H37N5O. The summed E-state index contributed by atoms with van der Waals surface area (Å²) < 4.78 is 0. The van der Waals surface area contributed by atoms with E-state index in [1.807, 2.05) is 48.5 Å². The van der Waals surface area contributed by atoms with Crippen LogP contribution in [0.15, 0.2) is 60.7 Å². The van der Waals surface area contributed by atoms with E-state index in [1.54, 1.807) is 0 Å². The SMILES string of the molecule is CC(C)C(C#N)(CCCN1CCNC[C@H]1NC(=O)C(N)Cc1ccccc1)c1ccccc1. The lowest BCUT2D eigenvalue weighted by molar-refractivity contribution is -0.124. The number of benzene rings is 2. The monoisotopic (exact) mass is 447 g/mol. The molecule has 3 atom stereocenters. The molecule has 0 radical (unpaired) electrons. The smallest absolute Gasteiger partial charge is 0.238 e. The Morgan fingerprint density at radius 3 is 2.52 bits per heavy atom. The number of amides is 1. The number of hydrogen-bond donors (Lipinski definition) is 3. The Labute approximate surface area is 198 Å². The number of piperazine rings is 1. The van der Waals surface area contributed by atoms with Gasteiger partial charge in [0.25, 0.3) is 0 Å². The maximum absolute atomic E-state index is 12.8. The molecule has 1 aliphatic heterocycles. The fourth-order valence-electron chi connectivity index (χ4n) is 4.70. The molecule has 4 N–H and O–H groups in total. The summed E-state index contributed by atoms with van der Waals surface area (Å²) in [5.41, 5.74) is 7.83. The summed E-state index contributed by atoms with van der Waals surface area (Å²) in [5.74, 6) is 0.0785. The van der Waals surface area contributed by atoms with Crippen LogP contribution in [0.5, 0.6) is 0 Å². The molecule has 1 saturated heterocycles. The lowest BCUT2D eigenvalue weighted by Crippen LogP contribution is -2.61. The predicted molar refractivity (Wildman–Crippen MR) is 132 cm³/mol. The predicted octanol–water partition coefficient (Wildman–Crippen LogP) is 2.80. The van der Waals surface area contributed by atoms with Crippen LogP contribution in [0.25, 0.3) is 0 Å². The van der Waals surface area contributed by atoms with Crippen LogP contribution in [-0.4, -0.2) is 49.2 Å². The van der Waals surface area contributed by atoms with Gasteiger partial charge in [-0.25, -0.2) is 0 Å². The van der Waals surface area contributed by atoms with E-state index in [4.69, 9.17) is 5.73 Å². The summed E-state index contributed by atoms with van der Waals surface area (Å²) in [5, 5.41) is 16.7. The molecule has 0 spiro atoms. The summed E-state index contributed by atoms with van der Waals surface area (Å²) in [6, 6.07) is 22.0. The molecule has 176 valence electrons. The molecule has 1 aliphatic rings. The van der Waals surface area contributed by atoms with Gasteiger partial charge >= 0.3 is 0 Å². The van der Waals surface area contributed by atoms with Crippen molar-refractivity contribution in [3.05, 3.63) is 71.8 Å². The molecule has 1 heterocycles. The van der Waals surface area contributed by atoms with Crippen molar-refractivity contribution in [2.75, 3.05) is 26.2 Å². The van der Waals surface area contributed by atoms with Crippen LogP contribution in [0.2, 0.25) is 0 Å². The summed E-state index contributed by atoms with van der Waals surface area (Å²) in [4.78, 5) is 15.1. The Morgan fingerprint density at radius 2 is 1.88 bits per heavy atom. The first-order valence-corrected chi connectivity index (χ1v) is 12.0. The van der Waals surface area contributed by atoms with Crippen molar-refractivity contribution in [1.82, 2.24) is 15.5 Å². The molecule has 2 aromatic rings. The van der Waals surface area contributed by atoms with Crippen molar-refractivity contribution in [3.8, 4) is 6.07 Å². The van der Waals surface area contributed by atoms with Gasteiger partial charge in [0.2, 0.25) is 5.91 Å². The van der Waals surface area contributed by atoms with Crippen molar-refractivity contribution in [2.45, 2.75) is 50.7 Å². The largest absolute Gasteiger partial charge is 0.338 e. The zero-order chi connectivity index (χ0) is 23.7. The Balaban J connectivity index is 1.59. The van der Waals surface area contributed by atoms with E-state index in [0.717, 1.165) is 43.6 Å². The number of carbonyl (C=O) groups excluding carboxylic acids is 1. The van der Waals surface area contributed by atoms with E-state index in [-0.39, 0.29) is 18.0 Å². The fourth-order valence-corrected chi connectivity index (χ4v) is 4.70. The van der Waals surface area contributed by atoms with Crippen molar-refractivity contribution >= 4 is 5.91 Å². The summed E-state index contributed by atoms with van der Waals surface area (Å²) in [7, 11) is 0. The maximum atomic E-state index is 12.8. The summed E-state index contributed by atoms with van der Waals surface area (Å²) in [6.45, 7) is 7.50. The normalized spacial score (nSPS) is 19.4. The zero-order valence-corrected chi connectivity index (χ0v) is 19.8. The van der Waals surface area contributed by atoms with Gasteiger partial charge in [-0.05, 0) is 36.3 Å². The van der Waals surface area contributed by atoms with Crippen LogP contribution in [0.3, 0.4) is 0 Å². The Hall–Kier alpha value is -2.72. The van der Waals surface area contributed by atoms with E-state index in [1.165, 1.54) is 0 Å². The number of hydrogen-bond acceptors (Lipinski definition) is 5. The molecule has 33 heavy (non-hydrogen) atoms. The molecule has 6 nitrogen and oxygen atoms in total. The number of rotatable bonds is 10. The van der Waals surface area contributed by atoms with E-state index < -0.39 is 11.5 Å². The topological polar surface area (TPSA) is 94.2 Å². The second-order valence-corrected chi connectivity index (χ2v) is 9.27. The van der Waals surface area contributed by atoms with Crippen LogP contribution >= 0.6 is 0 Å². The molecule has 0 aromatic heterocycles. The molecule has 1 fully saturated rings. The van der Waals surface area contributed by atoms with Gasteiger partial charge in [-0.1, -0.05) is 74.5 Å². The van der Waals surface area contributed by atoms with Gasteiger partial charge in [-0.15, -0.1) is 0 Å². The first-order valence-electron chi connectivity index (χ1n) is 12.0. The third-order valence-corrected chi connectivity index (χ3v) is 6.79. The van der Waals surface area contributed by atoms with Gasteiger partial charge in [0, 0.05) is 26.2 Å². The number of nitrogens with two attached hydrogens (primary N) is 1. The Bertz CT molecular complexity index is 911. The summed E-state index contributed by atoms with van der Waals surface area (Å²) >= 11 is 0. The highest BCUT2D eigenvalue weighted by Crippen LogP contribution is 2.36. The summed E-state index contributed by atoms with van der Waals surface area (Å²) in [6.07, 6.45) is 2.08. The highest BCUT2D eigenvalue weighted by atomic mass is 16.2. The second-order valence-electron chi connectivity index (χ2n) is 9.27. The molecule has 6 heteroatoms. The second kappa shape index (κ2) is 11.9. The number of carbonyl (C=O) groups is 1. The van der Waals surface area contributed by atoms with E-state index in [2.05, 4.69) is 47.6 Å². The third kappa shape index (κ3) is 6.42. The number of nitriles is 1. The lowest BCUT2D eigenvalue weighted by atomic mass is 9.70. The molecule has 3 rings (SSSR count). The number of nitrogens with zero attached hydrogens (tertiary/aromatic N) is 2. The molecule has 2 aromatic carbocycles. The van der Waals surface area contributed by atoms with Crippen LogP contribution in [0.4, 0.5) is 0 Å². The molecule has 0 aliphatic carbocycles. The van der Waals surface area contributed by atoms with Crippen LogP contribution in [0, 0.1) is 17.2 Å². The quantitative estimate of drug-likeness (QED) is 0.521. The molecule has 0 saturated carbocycles. The van der Waals surface area contributed by atoms with Gasteiger partial charge < -0.3 is 16.4 Å². The van der Waals surface area contributed by atoms with Gasteiger partial charge in [0.15, 0.2) is 0 Å². The Morgan fingerprint density at radius 1 is 1.21 bits per heavy atom. The van der Waals surface area contributed by atoms with Gasteiger partial charge in [-0.2, -0.15) is 5.26 Å². The van der Waals surface area contributed by atoms with Gasteiger partial charge in [-0.3, -0.25) is 9.69 Å². The Kier molecular flexibility index (Phi) is 9.02. The average Bonchev–Trinajstić information content (AvgIpc) is 2.84. The zero-order valence-electron chi connectivity index (χ0n) is 19.8. The lowest BCUT2D eigenvalue weighted by Gasteiger charge is -2.38. The highest BCUT2D eigenvalue weighted by Gasteiger charge is 2.36. The van der Waals surface area contributed by atoms with E-state index in [0.29, 0.717) is 13.0 Å². The average molecular weight is 448 g/mol. The van der Waals surface area contributed by atoms with Crippen molar-refractivity contribution in [2.24, 2.45) is 11.7 Å². The van der Waals surface area contributed by atoms with Gasteiger partial charge in [0.05, 0.1) is 23.7 Å². The first kappa shape index (κ1) is 24.9. The van der Waals surface area contributed by atoms with E-state index >= 15 is 0 Å². The van der Waals surface area contributed by atoms with Crippen molar-refractivity contribution in [1.29, 1.82) is 5.26 Å². The molecule has 2 unspecified atom stereocenters. The standard InChI is InChI=1S/C27H37N5O/c1-21(2)27(20-28,23-12-7-4-8-13-23)14-9-16-32-17-15-30-19-25(32)31-26(33)24(29)18-22-10-5-3-6-11-22/h3-8,10-13,21,24-25,30H,9,14-19,29H2,1-2H3,(H,31,33)/t24?,25-,27?/m0/s1. The third-order valence-electron chi connectivity index (χ3n) is 6.79. The number of nitrogens with one attached hydrogen (secondary N) is 2. The van der Waals surface area contributed by atoms with Crippen molar-refractivity contribution in [3.63, 3.8) is 0 Å². The van der Waals surface area contributed by atoms with Crippen molar-refractivity contribution < 1.29 is 4.79 Å². The molecular weight excluding hydrogens is 410 g/mol. The van der Waals surface area contributed by atoms with E-state index in [9.17, 15) is 10.1 Å². The minimum absolute atomic E-state index is 0.0969. The van der Waals surface area contributed by atoms with Crippen LogP contribution < -0.4 is 16.4 Å². The van der Waals surface area contributed by atoms with Gasteiger partial charge in [0.1, 0.15) is 0 Å². The molecule has 0 bridgehead atoms. The van der Waals surface area contributed by atoms with Crippen LogP contribution in [0.1, 0.15) is 37.8 Å². The fraction of sp³-hybridized carbons (Fsp3) is 0.481. The minimum Gasteiger partial charge on any atom is -0.338 e.